The first-order valence-electron chi connectivity index (χ1n) is 5.19. The molecule has 0 amide bonds. The molecule has 1 atom stereocenters. The van der Waals surface area contributed by atoms with Gasteiger partial charge < -0.3 is 20.5 Å². The van der Waals surface area contributed by atoms with Crippen molar-refractivity contribution in [3.05, 3.63) is 0 Å². The molecule has 0 aliphatic carbocycles. The zero-order chi connectivity index (χ0) is 12.6. The normalized spacial score (nSPS) is 24.9. The van der Waals surface area contributed by atoms with Crippen LogP contribution >= 0.6 is 0 Å². The molecule has 0 aromatic carbocycles. The Bertz CT molecular complexity index is 276. The number of piperidine rings is 1. The Morgan fingerprint density at radius 2 is 2.00 bits per heavy atom. The molecule has 17 heavy (non-hydrogen) atoms. The molecule has 1 rings (SSSR count). The maximum Gasteiger partial charge on any atom is 0.330 e. The summed E-state index contributed by atoms with van der Waals surface area (Å²) in [6.45, 7) is 4.85. The van der Waals surface area contributed by atoms with E-state index in [-0.39, 0.29) is 25.0 Å². The van der Waals surface area contributed by atoms with Crippen molar-refractivity contribution in [1.29, 1.82) is 0 Å². The molecule has 1 unspecified atom stereocenters. The predicted molar refractivity (Wildman–Crippen MR) is 57.4 cm³/mol. The number of nitrogens with zero attached hydrogens (tertiary/aromatic N) is 1. The summed E-state index contributed by atoms with van der Waals surface area (Å²) in [7, 11) is 0. The van der Waals surface area contributed by atoms with Crippen LogP contribution in [0, 0.1) is 5.41 Å². The number of alkyl halides is 1. The molecule has 1 saturated heterocycles. The summed E-state index contributed by atoms with van der Waals surface area (Å²) in [5.74, 6) is -2.78. The van der Waals surface area contributed by atoms with Crippen LogP contribution in [0.1, 0.15) is 27.2 Å². The number of aliphatic hydroxyl groups is 2. The lowest BCUT2D eigenvalue weighted by atomic mass is 9.97. The fraction of sp³-hybridized carbons (Fsp3) is 0.900. The predicted octanol–water partition coefficient (Wildman–Crippen LogP) is -0.609. The lowest BCUT2D eigenvalue weighted by Crippen LogP contribution is -2.54. The topological polar surface area (TPSA) is 102 Å². The van der Waals surface area contributed by atoms with E-state index in [1.165, 1.54) is 0 Å². The minimum Gasteiger partial charge on any atom is -0.412 e. The van der Waals surface area contributed by atoms with Crippen LogP contribution in [-0.4, -0.2) is 51.8 Å². The van der Waals surface area contributed by atoms with E-state index in [2.05, 4.69) is 0 Å². The van der Waals surface area contributed by atoms with Crippen LogP contribution in [0.4, 0.5) is 4.39 Å². The van der Waals surface area contributed by atoms with Crippen molar-refractivity contribution >= 4 is 5.97 Å². The van der Waals surface area contributed by atoms with E-state index in [1.807, 2.05) is 0 Å². The summed E-state index contributed by atoms with van der Waals surface area (Å²) in [4.78, 5) is 16.4. The van der Waals surface area contributed by atoms with Gasteiger partial charge in [-0.1, -0.05) is 0 Å². The van der Waals surface area contributed by atoms with E-state index in [9.17, 15) is 9.18 Å². The Balaban J connectivity index is 0.00000256. The van der Waals surface area contributed by atoms with E-state index >= 15 is 0 Å². The zero-order valence-corrected chi connectivity index (χ0v) is 10.2. The number of hydrogen-bond acceptors (Lipinski definition) is 5. The minimum atomic E-state index is -2.31. The van der Waals surface area contributed by atoms with Gasteiger partial charge in [-0.3, -0.25) is 0 Å². The molecule has 0 radical (unpaired) electrons. The SMILES string of the molecule is CC(C)(C)C(=O)ON1CCC(O)(O)C(F)C1.O. The maximum absolute atomic E-state index is 13.2. The lowest BCUT2D eigenvalue weighted by molar-refractivity contribution is -0.272. The third-order valence-corrected chi connectivity index (χ3v) is 2.42. The third-order valence-electron chi connectivity index (χ3n) is 2.42. The minimum absolute atomic E-state index is 0. The molecule has 6 nitrogen and oxygen atoms in total. The summed E-state index contributed by atoms with van der Waals surface area (Å²) in [6, 6.07) is 0. The van der Waals surface area contributed by atoms with E-state index in [0.29, 0.717) is 0 Å². The number of carbonyl (C=O) groups is 1. The fourth-order valence-corrected chi connectivity index (χ4v) is 1.20. The first-order valence-corrected chi connectivity index (χ1v) is 5.19. The summed E-state index contributed by atoms with van der Waals surface area (Å²) < 4.78 is 13.2. The van der Waals surface area contributed by atoms with Crippen molar-refractivity contribution in [3.8, 4) is 0 Å². The van der Waals surface area contributed by atoms with Gasteiger partial charge >= 0.3 is 5.97 Å². The second-order valence-corrected chi connectivity index (χ2v) is 5.11. The van der Waals surface area contributed by atoms with E-state index in [0.717, 1.165) is 5.06 Å². The van der Waals surface area contributed by atoms with Gasteiger partial charge in [-0.25, -0.2) is 9.18 Å². The van der Waals surface area contributed by atoms with Crippen molar-refractivity contribution in [2.75, 3.05) is 13.1 Å². The largest absolute Gasteiger partial charge is 0.412 e. The third kappa shape index (κ3) is 4.19. The summed E-state index contributed by atoms with van der Waals surface area (Å²) in [6.07, 6.45) is -2.03. The Labute approximate surface area is 99.2 Å². The molecule has 1 fully saturated rings. The van der Waals surface area contributed by atoms with Gasteiger partial charge in [0.1, 0.15) is 0 Å². The maximum atomic E-state index is 13.2. The van der Waals surface area contributed by atoms with Gasteiger partial charge in [0.05, 0.1) is 12.0 Å². The van der Waals surface area contributed by atoms with Crippen LogP contribution in [0.3, 0.4) is 0 Å². The van der Waals surface area contributed by atoms with Crippen molar-refractivity contribution in [2.24, 2.45) is 5.41 Å². The number of rotatable bonds is 1. The molecular weight excluding hydrogens is 233 g/mol. The van der Waals surface area contributed by atoms with Crippen LogP contribution in [0.15, 0.2) is 0 Å². The number of halogens is 1. The lowest BCUT2D eigenvalue weighted by Gasteiger charge is -2.36. The Kier molecular flexibility index (Phi) is 5.02. The van der Waals surface area contributed by atoms with Gasteiger partial charge in [-0.15, -0.1) is 5.06 Å². The number of carbonyl (C=O) groups excluding carboxylic acids is 1. The summed E-state index contributed by atoms with van der Waals surface area (Å²) in [5, 5.41) is 19.5. The van der Waals surface area contributed by atoms with Crippen molar-refractivity contribution in [2.45, 2.75) is 39.2 Å². The molecule has 4 N–H and O–H groups in total. The Morgan fingerprint density at radius 1 is 1.47 bits per heavy atom. The van der Waals surface area contributed by atoms with E-state index in [1.54, 1.807) is 20.8 Å². The quantitative estimate of drug-likeness (QED) is 0.607. The summed E-state index contributed by atoms with van der Waals surface area (Å²) >= 11 is 0. The highest BCUT2D eigenvalue weighted by Crippen LogP contribution is 2.24. The molecule has 0 bridgehead atoms. The highest BCUT2D eigenvalue weighted by Gasteiger charge is 2.42. The monoisotopic (exact) mass is 253 g/mol. The molecule has 0 saturated carbocycles. The van der Waals surface area contributed by atoms with Crippen molar-refractivity contribution in [3.63, 3.8) is 0 Å². The van der Waals surface area contributed by atoms with Crippen molar-refractivity contribution < 1.29 is 29.7 Å². The molecule has 102 valence electrons. The standard InChI is InChI=1S/C10H18FNO4.H2O/c1-9(2,3)8(13)16-12-5-4-10(14,15)7(11)6-12;/h7,14-15H,4-6H2,1-3H3;1H2. The number of hydrogen-bond donors (Lipinski definition) is 2. The first kappa shape index (κ1) is 16.2. The Hall–Kier alpha value is -0.760. The molecule has 0 aromatic heterocycles. The highest BCUT2D eigenvalue weighted by molar-refractivity contribution is 5.75. The zero-order valence-electron chi connectivity index (χ0n) is 10.2. The van der Waals surface area contributed by atoms with Gasteiger partial charge in [0, 0.05) is 13.0 Å². The first-order chi connectivity index (χ1) is 7.13. The molecule has 7 heteroatoms. The molecule has 1 aliphatic rings. The average Bonchev–Trinajstić information content (AvgIpc) is 2.10. The van der Waals surface area contributed by atoms with Gasteiger partial charge in [-0.05, 0) is 20.8 Å². The average molecular weight is 253 g/mol. The van der Waals surface area contributed by atoms with Crippen LogP contribution in [0.2, 0.25) is 0 Å². The van der Waals surface area contributed by atoms with Gasteiger partial charge in [0.25, 0.3) is 0 Å². The van der Waals surface area contributed by atoms with E-state index < -0.39 is 23.3 Å². The van der Waals surface area contributed by atoms with E-state index in [4.69, 9.17) is 15.1 Å². The molecule has 0 spiro atoms. The van der Waals surface area contributed by atoms with Crippen LogP contribution in [0.25, 0.3) is 0 Å². The number of hydroxylamine groups is 2. The van der Waals surface area contributed by atoms with Crippen molar-refractivity contribution in [1.82, 2.24) is 5.06 Å². The molecule has 1 heterocycles. The van der Waals surface area contributed by atoms with Crippen LogP contribution < -0.4 is 0 Å². The van der Waals surface area contributed by atoms with Crippen LogP contribution in [-0.2, 0) is 9.63 Å². The fourth-order valence-electron chi connectivity index (χ4n) is 1.20. The molecular formula is C10H20FNO5. The molecule has 1 aliphatic heterocycles. The second-order valence-electron chi connectivity index (χ2n) is 5.11. The van der Waals surface area contributed by atoms with Crippen LogP contribution in [0.5, 0.6) is 0 Å². The van der Waals surface area contributed by atoms with Gasteiger partial charge in [0.15, 0.2) is 12.0 Å². The smallest absolute Gasteiger partial charge is 0.330 e. The Morgan fingerprint density at radius 3 is 2.41 bits per heavy atom. The van der Waals surface area contributed by atoms with Gasteiger partial charge in [0.2, 0.25) is 0 Å². The molecule has 0 aromatic rings. The second kappa shape index (κ2) is 5.26. The summed E-state index contributed by atoms with van der Waals surface area (Å²) in [5.41, 5.74) is -0.668. The van der Waals surface area contributed by atoms with Gasteiger partial charge in [-0.2, -0.15) is 0 Å². The highest BCUT2D eigenvalue weighted by atomic mass is 19.1.